The molecule has 0 unspecified atom stereocenters. The molecule has 1 saturated heterocycles. The van der Waals surface area contributed by atoms with E-state index in [0.29, 0.717) is 0 Å². The summed E-state index contributed by atoms with van der Waals surface area (Å²) in [5.41, 5.74) is 0. The van der Waals surface area contributed by atoms with Crippen LogP contribution in [0.2, 0.25) is 0 Å². The first-order chi connectivity index (χ1) is 7.20. The molecule has 1 amide bonds. The number of hydrogen-bond acceptors (Lipinski definition) is 3. The van der Waals surface area contributed by atoms with Gasteiger partial charge in [-0.15, -0.1) is 0 Å². The molecular weight excluding hydrogens is 247 g/mol. The van der Waals surface area contributed by atoms with E-state index >= 15 is 0 Å². The Morgan fingerprint density at radius 1 is 1.50 bits per heavy atom. The Morgan fingerprint density at radius 3 is 2.62 bits per heavy atom. The van der Waals surface area contributed by atoms with Crippen LogP contribution in [0, 0.1) is 0 Å². The predicted molar refractivity (Wildman–Crippen MR) is 48.8 cm³/mol. The van der Waals surface area contributed by atoms with Crippen molar-refractivity contribution < 1.29 is 32.5 Å². The zero-order valence-electron chi connectivity index (χ0n) is 8.31. The summed E-state index contributed by atoms with van der Waals surface area (Å²) in [7, 11) is -4.74. The Labute approximate surface area is 90.4 Å². The minimum absolute atomic E-state index is 0.152. The van der Waals surface area contributed by atoms with Crippen molar-refractivity contribution in [2.45, 2.75) is 18.8 Å². The molecule has 0 aromatic carbocycles. The SMILES string of the molecule is O=C(COP(=O)(O)O)N1CCCC(F)(F)C1. The van der Waals surface area contributed by atoms with Crippen LogP contribution in [-0.2, 0) is 13.9 Å². The Kier molecular flexibility index (Phi) is 4.01. The van der Waals surface area contributed by atoms with Gasteiger partial charge in [-0.25, -0.2) is 13.3 Å². The average molecular weight is 259 g/mol. The lowest BCUT2D eigenvalue weighted by molar-refractivity contribution is -0.144. The molecule has 94 valence electrons. The van der Waals surface area contributed by atoms with Gasteiger partial charge in [-0.2, -0.15) is 0 Å². The molecule has 6 nitrogen and oxygen atoms in total. The molecule has 1 rings (SSSR count). The lowest BCUT2D eigenvalue weighted by Crippen LogP contribution is -2.46. The molecule has 16 heavy (non-hydrogen) atoms. The van der Waals surface area contributed by atoms with E-state index in [4.69, 9.17) is 9.79 Å². The van der Waals surface area contributed by atoms with Gasteiger partial charge in [0.05, 0.1) is 6.54 Å². The fourth-order valence-corrected chi connectivity index (χ4v) is 1.69. The molecule has 0 bridgehead atoms. The third kappa shape index (κ3) is 4.52. The van der Waals surface area contributed by atoms with Crippen molar-refractivity contribution in [1.29, 1.82) is 0 Å². The van der Waals surface area contributed by atoms with E-state index in [1.54, 1.807) is 0 Å². The molecule has 0 spiro atoms. The van der Waals surface area contributed by atoms with Gasteiger partial charge >= 0.3 is 7.82 Å². The van der Waals surface area contributed by atoms with Gasteiger partial charge < -0.3 is 14.7 Å². The lowest BCUT2D eigenvalue weighted by atomic mass is 10.1. The number of hydrogen-bond donors (Lipinski definition) is 2. The number of phosphoric ester groups is 1. The van der Waals surface area contributed by atoms with Gasteiger partial charge in [0.25, 0.3) is 5.92 Å². The first kappa shape index (κ1) is 13.5. The van der Waals surface area contributed by atoms with E-state index in [1.807, 2.05) is 0 Å². The number of phosphoric acid groups is 1. The zero-order chi connectivity index (χ0) is 12.4. The molecule has 1 aliphatic rings. The first-order valence-electron chi connectivity index (χ1n) is 4.55. The van der Waals surface area contributed by atoms with Crippen molar-refractivity contribution in [3.8, 4) is 0 Å². The molecule has 9 heteroatoms. The summed E-state index contributed by atoms with van der Waals surface area (Å²) in [4.78, 5) is 28.8. The first-order valence-corrected chi connectivity index (χ1v) is 6.08. The molecule has 1 heterocycles. The highest BCUT2D eigenvalue weighted by Crippen LogP contribution is 2.35. The van der Waals surface area contributed by atoms with Crippen molar-refractivity contribution in [3.05, 3.63) is 0 Å². The average Bonchev–Trinajstić information content (AvgIpc) is 2.11. The van der Waals surface area contributed by atoms with Crippen LogP contribution in [0.1, 0.15) is 12.8 Å². The zero-order valence-corrected chi connectivity index (χ0v) is 9.20. The Morgan fingerprint density at radius 2 is 2.12 bits per heavy atom. The molecular formula is C7H12F2NO5P. The largest absolute Gasteiger partial charge is 0.470 e. The van der Waals surface area contributed by atoms with Crippen LogP contribution < -0.4 is 0 Å². The number of piperidine rings is 1. The van der Waals surface area contributed by atoms with Crippen LogP contribution in [0.3, 0.4) is 0 Å². The Bertz CT molecular complexity index is 318. The molecule has 0 aromatic heterocycles. The van der Waals surface area contributed by atoms with Crippen molar-refractivity contribution in [2.24, 2.45) is 0 Å². The van der Waals surface area contributed by atoms with Crippen LogP contribution in [0.25, 0.3) is 0 Å². The molecule has 0 aromatic rings. The van der Waals surface area contributed by atoms with E-state index < -0.39 is 32.8 Å². The van der Waals surface area contributed by atoms with Gasteiger partial charge in [-0.3, -0.25) is 9.32 Å². The highest BCUT2D eigenvalue weighted by molar-refractivity contribution is 7.46. The van der Waals surface area contributed by atoms with Gasteiger partial charge in [0.15, 0.2) is 0 Å². The minimum Gasteiger partial charge on any atom is -0.335 e. The quantitative estimate of drug-likeness (QED) is 0.714. The third-order valence-corrected chi connectivity index (χ3v) is 2.57. The molecule has 0 atom stereocenters. The number of amides is 1. The van der Waals surface area contributed by atoms with Gasteiger partial charge in [0, 0.05) is 13.0 Å². The van der Waals surface area contributed by atoms with E-state index in [1.165, 1.54) is 0 Å². The number of carbonyl (C=O) groups excluding carboxylic acids is 1. The topological polar surface area (TPSA) is 87.1 Å². The highest BCUT2D eigenvalue weighted by atomic mass is 31.2. The van der Waals surface area contributed by atoms with Crippen LogP contribution >= 0.6 is 7.82 Å². The maximum Gasteiger partial charge on any atom is 0.470 e. The maximum absolute atomic E-state index is 12.9. The second-order valence-electron chi connectivity index (χ2n) is 3.54. The molecule has 1 aliphatic heterocycles. The van der Waals surface area contributed by atoms with Crippen molar-refractivity contribution in [3.63, 3.8) is 0 Å². The molecule has 0 aliphatic carbocycles. The number of likely N-dealkylation sites (tertiary alicyclic amines) is 1. The molecule has 0 saturated carbocycles. The van der Waals surface area contributed by atoms with E-state index in [9.17, 15) is 18.1 Å². The van der Waals surface area contributed by atoms with Gasteiger partial charge in [-0.05, 0) is 6.42 Å². The van der Waals surface area contributed by atoms with E-state index in [0.717, 1.165) is 4.90 Å². The maximum atomic E-state index is 12.9. The smallest absolute Gasteiger partial charge is 0.335 e. The van der Waals surface area contributed by atoms with Crippen LogP contribution in [0.15, 0.2) is 0 Å². The summed E-state index contributed by atoms with van der Waals surface area (Å²) in [6.45, 7) is -1.46. The summed E-state index contributed by atoms with van der Waals surface area (Å²) in [5.74, 6) is -3.78. The van der Waals surface area contributed by atoms with Crippen LogP contribution in [0.5, 0.6) is 0 Å². The number of alkyl halides is 2. The fraction of sp³-hybridized carbons (Fsp3) is 0.857. The number of nitrogens with zero attached hydrogens (tertiary/aromatic N) is 1. The predicted octanol–water partition coefficient (Wildman–Crippen LogP) is 0.353. The number of rotatable bonds is 3. The van der Waals surface area contributed by atoms with Gasteiger partial charge in [0.1, 0.15) is 6.61 Å². The summed E-state index contributed by atoms with van der Waals surface area (Å²) >= 11 is 0. The summed E-state index contributed by atoms with van der Waals surface area (Å²) < 4.78 is 40.0. The number of carbonyl (C=O) groups is 1. The van der Waals surface area contributed by atoms with Crippen molar-refractivity contribution >= 4 is 13.7 Å². The monoisotopic (exact) mass is 259 g/mol. The Hall–Kier alpha value is -0.560. The molecule has 2 N–H and O–H groups in total. The molecule has 1 fully saturated rings. The highest BCUT2D eigenvalue weighted by Gasteiger charge is 2.37. The van der Waals surface area contributed by atoms with Gasteiger partial charge in [0.2, 0.25) is 5.91 Å². The lowest BCUT2D eigenvalue weighted by Gasteiger charge is -2.32. The van der Waals surface area contributed by atoms with Crippen LogP contribution in [-0.4, -0.2) is 46.2 Å². The van der Waals surface area contributed by atoms with E-state index in [2.05, 4.69) is 4.52 Å². The second-order valence-corrected chi connectivity index (χ2v) is 4.78. The second kappa shape index (κ2) is 4.75. The molecule has 0 radical (unpaired) electrons. The summed E-state index contributed by atoms with van der Waals surface area (Å²) in [5, 5.41) is 0. The third-order valence-electron chi connectivity index (χ3n) is 2.10. The van der Waals surface area contributed by atoms with Crippen molar-refractivity contribution in [2.75, 3.05) is 19.7 Å². The Balaban J connectivity index is 2.45. The van der Waals surface area contributed by atoms with Crippen molar-refractivity contribution in [1.82, 2.24) is 4.90 Å². The van der Waals surface area contributed by atoms with Crippen LogP contribution in [0.4, 0.5) is 8.78 Å². The standard InChI is InChI=1S/C7H12F2NO5P/c8-7(9)2-1-3-10(5-7)6(11)4-15-16(12,13)14/h1-5H2,(H2,12,13,14). The summed E-state index contributed by atoms with van der Waals surface area (Å²) in [6.07, 6.45) is -0.120. The minimum atomic E-state index is -4.74. The normalized spacial score (nSPS) is 20.9. The van der Waals surface area contributed by atoms with E-state index in [-0.39, 0.29) is 19.4 Å². The van der Waals surface area contributed by atoms with Gasteiger partial charge in [-0.1, -0.05) is 0 Å². The number of halogens is 2. The fourth-order valence-electron chi connectivity index (χ4n) is 1.41. The summed E-state index contributed by atoms with van der Waals surface area (Å²) in [6, 6.07) is 0.